The molecule has 1 aliphatic rings. The quantitative estimate of drug-likeness (QED) is 0.375. The molecule has 1 fully saturated rings. The maximum Gasteiger partial charge on any atom is 0.346 e. The van der Waals surface area contributed by atoms with E-state index in [0.717, 1.165) is 12.3 Å². The highest BCUT2D eigenvalue weighted by molar-refractivity contribution is 6.31. The average Bonchev–Trinajstić information content (AvgIpc) is 2.70. The van der Waals surface area contributed by atoms with Gasteiger partial charge in [-0.15, -0.1) is 5.01 Å². The third-order valence-corrected chi connectivity index (χ3v) is 3.76. The van der Waals surface area contributed by atoms with Crippen molar-refractivity contribution < 1.29 is 19.6 Å². The Hall–Kier alpha value is -2.68. The number of urea groups is 1. The predicted molar refractivity (Wildman–Crippen MR) is 81.4 cm³/mol. The Balaban J connectivity index is 2.36. The maximum absolute atomic E-state index is 12.1. The number of hydrogen-bond donors (Lipinski definition) is 2. The zero-order valence-corrected chi connectivity index (χ0v) is 13.0. The number of phenols is 1. The van der Waals surface area contributed by atoms with E-state index >= 15 is 0 Å². The van der Waals surface area contributed by atoms with Gasteiger partial charge in [0.2, 0.25) is 5.75 Å². The number of rotatable bonds is 4. The Morgan fingerprint density at radius 3 is 2.70 bits per heavy atom. The van der Waals surface area contributed by atoms with E-state index in [0.29, 0.717) is 11.4 Å². The SMILES string of the molecule is CC[C@@]1(C)NC(=O)N(/N=C\c2cc(Cl)cc([N+](=O)[O-])c2O)C1=O. The van der Waals surface area contributed by atoms with Gasteiger partial charge in [-0.25, -0.2) is 4.79 Å². The van der Waals surface area contributed by atoms with Crippen LogP contribution >= 0.6 is 11.6 Å². The molecule has 1 heterocycles. The summed E-state index contributed by atoms with van der Waals surface area (Å²) in [5.41, 5.74) is -1.75. The lowest BCUT2D eigenvalue weighted by molar-refractivity contribution is -0.385. The first kappa shape index (κ1) is 16.7. The monoisotopic (exact) mass is 340 g/mol. The molecular weight excluding hydrogens is 328 g/mol. The standard InChI is InChI=1S/C13H13ClN4O5/c1-3-13(2)11(20)17(12(21)16-13)15-6-7-4-8(14)5-9(10(7)19)18(22)23/h4-6,19H,3H2,1-2H3,(H,16,21)/b15-6-/t13-/m1/s1. The molecule has 1 saturated heterocycles. The summed E-state index contributed by atoms with van der Waals surface area (Å²) < 4.78 is 0. The number of amides is 3. The van der Waals surface area contributed by atoms with Gasteiger partial charge in [-0.05, 0) is 19.4 Å². The van der Waals surface area contributed by atoms with E-state index in [1.807, 2.05) is 0 Å². The molecule has 122 valence electrons. The Morgan fingerprint density at radius 2 is 2.17 bits per heavy atom. The van der Waals surface area contributed by atoms with Crippen molar-refractivity contribution in [1.82, 2.24) is 10.3 Å². The molecule has 10 heteroatoms. The number of carbonyl (C=O) groups is 2. The molecule has 1 atom stereocenters. The van der Waals surface area contributed by atoms with Crippen molar-refractivity contribution in [2.24, 2.45) is 5.10 Å². The summed E-state index contributed by atoms with van der Waals surface area (Å²) in [5, 5.41) is 27.5. The van der Waals surface area contributed by atoms with Crippen LogP contribution in [0.5, 0.6) is 5.75 Å². The topological polar surface area (TPSA) is 125 Å². The Morgan fingerprint density at radius 1 is 1.52 bits per heavy atom. The largest absolute Gasteiger partial charge is 0.502 e. The number of phenolic OH excluding ortho intramolecular Hbond substituents is 1. The highest BCUT2D eigenvalue weighted by Crippen LogP contribution is 2.32. The van der Waals surface area contributed by atoms with Crippen molar-refractivity contribution in [3.63, 3.8) is 0 Å². The molecule has 0 unspecified atom stereocenters. The van der Waals surface area contributed by atoms with Gasteiger partial charge in [0, 0.05) is 16.7 Å². The molecule has 9 nitrogen and oxygen atoms in total. The molecular formula is C13H13ClN4O5. The minimum Gasteiger partial charge on any atom is -0.502 e. The van der Waals surface area contributed by atoms with Crippen LogP contribution in [0.15, 0.2) is 17.2 Å². The van der Waals surface area contributed by atoms with Crippen molar-refractivity contribution in [1.29, 1.82) is 0 Å². The highest BCUT2D eigenvalue weighted by atomic mass is 35.5. The highest BCUT2D eigenvalue weighted by Gasteiger charge is 2.46. The number of nitrogens with one attached hydrogen (secondary N) is 1. The molecule has 1 aromatic rings. The number of aromatic hydroxyl groups is 1. The van der Waals surface area contributed by atoms with Gasteiger partial charge in [-0.3, -0.25) is 14.9 Å². The summed E-state index contributed by atoms with van der Waals surface area (Å²) in [5.74, 6) is -1.22. The molecule has 2 N–H and O–H groups in total. The van der Waals surface area contributed by atoms with Crippen molar-refractivity contribution in [3.8, 4) is 5.75 Å². The molecule has 0 bridgehead atoms. The second-order valence-corrected chi connectivity index (χ2v) is 5.53. The fourth-order valence-corrected chi connectivity index (χ4v) is 2.20. The number of imide groups is 1. The predicted octanol–water partition coefficient (Wildman–Crippen LogP) is 2.01. The summed E-state index contributed by atoms with van der Waals surface area (Å²) in [7, 11) is 0. The van der Waals surface area contributed by atoms with Gasteiger partial charge in [0.1, 0.15) is 5.54 Å². The lowest BCUT2D eigenvalue weighted by Crippen LogP contribution is -2.42. The third kappa shape index (κ3) is 2.95. The Kier molecular flexibility index (Phi) is 4.24. The summed E-state index contributed by atoms with van der Waals surface area (Å²) in [6.07, 6.45) is 1.34. The molecule has 23 heavy (non-hydrogen) atoms. The number of hydrazone groups is 1. The second-order valence-electron chi connectivity index (χ2n) is 5.10. The fourth-order valence-electron chi connectivity index (χ4n) is 1.98. The molecule has 0 spiro atoms. The lowest BCUT2D eigenvalue weighted by atomic mass is 10.00. The third-order valence-electron chi connectivity index (χ3n) is 3.54. The van der Waals surface area contributed by atoms with Crippen molar-refractivity contribution >= 4 is 35.4 Å². The first-order chi connectivity index (χ1) is 10.7. The molecule has 3 amide bonds. The van der Waals surface area contributed by atoms with Crippen LogP contribution < -0.4 is 5.32 Å². The van der Waals surface area contributed by atoms with Crippen LogP contribution in [-0.2, 0) is 4.79 Å². The van der Waals surface area contributed by atoms with Crippen LogP contribution in [0.2, 0.25) is 5.02 Å². The van der Waals surface area contributed by atoms with Crippen molar-refractivity contribution in [3.05, 3.63) is 32.8 Å². The molecule has 1 aromatic carbocycles. The zero-order valence-electron chi connectivity index (χ0n) is 12.2. The number of benzene rings is 1. The zero-order chi connectivity index (χ0) is 17.4. The van der Waals surface area contributed by atoms with E-state index in [1.54, 1.807) is 13.8 Å². The van der Waals surface area contributed by atoms with Gasteiger partial charge in [0.05, 0.1) is 11.1 Å². The average molecular weight is 341 g/mol. The molecule has 2 rings (SSSR count). The minimum atomic E-state index is -1.06. The molecule has 0 saturated carbocycles. The van der Waals surface area contributed by atoms with E-state index in [4.69, 9.17) is 11.6 Å². The smallest absolute Gasteiger partial charge is 0.346 e. The van der Waals surface area contributed by atoms with Crippen LogP contribution in [0, 0.1) is 10.1 Å². The van der Waals surface area contributed by atoms with E-state index in [1.165, 1.54) is 6.07 Å². The lowest BCUT2D eigenvalue weighted by Gasteiger charge is -2.17. The van der Waals surface area contributed by atoms with Crippen LogP contribution in [-0.4, -0.2) is 38.7 Å². The number of nitro groups is 1. The Labute approximate surface area is 135 Å². The van der Waals surface area contributed by atoms with Gasteiger partial charge in [0.15, 0.2) is 0 Å². The Bertz CT molecular complexity index is 735. The van der Waals surface area contributed by atoms with E-state index in [-0.39, 0.29) is 10.6 Å². The number of nitro benzene ring substituents is 1. The van der Waals surface area contributed by atoms with Gasteiger partial charge in [-0.1, -0.05) is 18.5 Å². The van der Waals surface area contributed by atoms with E-state index < -0.39 is 33.8 Å². The summed E-state index contributed by atoms with van der Waals surface area (Å²) in [6.45, 7) is 3.29. The molecule has 0 aromatic heterocycles. The van der Waals surface area contributed by atoms with Gasteiger partial charge >= 0.3 is 11.7 Å². The summed E-state index contributed by atoms with van der Waals surface area (Å²) >= 11 is 5.75. The van der Waals surface area contributed by atoms with E-state index in [2.05, 4.69) is 10.4 Å². The number of halogens is 1. The fraction of sp³-hybridized carbons (Fsp3) is 0.308. The van der Waals surface area contributed by atoms with Gasteiger partial charge in [-0.2, -0.15) is 5.10 Å². The van der Waals surface area contributed by atoms with Crippen LogP contribution in [0.1, 0.15) is 25.8 Å². The van der Waals surface area contributed by atoms with Crippen LogP contribution in [0.3, 0.4) is 0 Å². The number of hydrogen-bond acceptors (Lipinski definition) is 6. The first-order valence-corrected chi connectivity index (χ1v) is 6.95. The normalized spacial score (nSPS) is 21.1. The second kappa shape index (κ2) is 5.84. The maximum atomic E-state index is 12.1. The van der Waals surface area contributed by atoms with Gasteiger partial charge in [0.25, 0.3) is 5.91 Å². The molecule has 0 radical (unpaired) electrons. The van der Waals surface area contributed by atoms with Crippen molar-refractivity contribution in [2.45, 2.75) is 25.8 Å². The number of carbonyl (C=O) groups excluding carboxylic acids is 2. The molecule has 1 aliphatic heterocycles. The van der Waals surface area contributed by atoms with Crippen molar-refractivity contribution in [2.75, 3.05) is 0 Å². The van der Waals surface area contributed by atoms with E-state index in [9.17, 15) is 24.8 Å². The molecule has 0 aliphatic carbocycles. The summed E-state index contributed by atoms with van der Waals surface area (Å²) in [6, 6.07) is 1.49. The number of nitrogens with zero attached hydrogens (tertiary/aromatic N) is 3. The summed E-state index contributed by atoms with van der Waals surface area (Å²) in [4.78, 5) is 34.0. The van der Waals surface area contributed by atoms with Gasteiger partial charge < -0.3 is 10.4 Å². The van der Waals surface area contributed by atoms with Crippen LogP contribution in [0.25, 0.3) is 0 Å². The van der Waals surface area contributed by atoms with Crippen LogP contribution in [0.4, 0.5) is 10.5 Å². The first-order valence-electron chi connectivity index (χ1n) is 6.57. The minimum absolute atomic E-state index is 0.00606.